The lowest BCUT2D eigenvalue weighted by atomic mass is 10.3. The number of sulfonamides is 1. The van der Waals surface area contributed by atoms with Crippen molar-refractivity contribution in [3.8, 4) is 5.75 Å². The van der Waals surface area contributed by atoms with Crippen molar-refractivity contribution < 1.29 is 31.2 Å². The molecular weight excluding hydrogens is 305 g/mol. The number of nitro benzene ring substituents is 1. The molecule has 20 heavy (non-hydrogen) atoms. The van der Waals surface area contributed by atoms with Crippen molar-refractivity contribution in [2.45, 2.75) is 11.1 Å². The smallest absolute Gasteiger partial charge is 0.422 e. The molecule has 1 aromatic rings. The molecule has 1 aromatic carbocycles. The van der Waals surface area contributed by atoms with Crippen LogP contribution in [0.4, 0.5) is 18.9 Å². The summed E-state index contributed by atoms with van der Waals surface area (Å²) in [6.07, 6.45) is -4.66. The van der Waals surface area contributed by atoms with E-state index in [1.165, 1.54) is 0 Å². The Bertz CT molecular complexity index is 614. The Labute approximate surface area is 111 Å². The number of alkyl halides is 3. The highest BCUT2D eigenvalue weighted by atomic mass is 32.2. The number of nitrogens with one attached hydrogen (secondary N) is 1. The van der Waals surface area contributed by atoms with E-state index in [4.69, 9.17) is 0 Å². The minimum atomic E-state index is -4.66. The highest BCUT2D eigenvalue weighted by Gasteiger charge is 2.30. The van der Waals surface area contributed by atoms with Crippen LogP contribution in [0, 0.1) is 10.1 Å². The number of benzene rings is 1. The Hall–Kier alpha value is -1.88. The van der Waals surface area contributed by atoms with E-state index in [1.54, 1.807) is 0 Å². The summed E-state index contributed by atoms with van der Waals surface area (Å²) >= 11 is 0. The van der Waals surface area contributed by atoms with Crippen molar-refractivity contribution in [1.29, 1.82) is 0 Å². The van der Waals surface area contributed by atoms with Crippen molar-refractivity contribution in [3.05, 3.63) is 28.3 Å². The van der Waals surface area contributed by atoms with Crippen LogP contribution in [-0.4, -0.2) is 33.2 Å². The molecule has 1 rings (SSSR count). The summed E-state index contributed by atoms with van der Waals surface area (Å²) in [6, 6.07) is 2.33. The highest BCUT2D eigenvalue weighted by molar-refractivity contribution is 7.89. The van der Waals surface area contributed by atoms with Crippen LogP contribution >= 0.6 is 0 Å². The van der Waals surface area contributed by atoms with Crippen molar-refractivity contribution in [3.63, 3.8) is 0 Å². The lowest BCUT2D eigenvalue weighted by molar-refractivity contribution is -0.386. The van der Waals surface area contributed by atoms with E-state index in [-0.39, 0.29) is 0 Å². The van der Waals surface area contributed by atoms with Gasteiger partial charge >= 0.3 is 11.9 Å². The summed E-state index contributed by atoms with van der Waals surface area (Å²) in [6.45, 7) is -1.72. The van der Waals surface area contributed by atoms with Crippen LogP contribution in [0.5, 0.6) is 5.75 Å². The van der Waals surface area contributed by atoms with Gasteiger partial charge in [-0.2, -0.15) is 13.2 Å². The summed E-state index contributed by atoms with van der Waals surface area (Å²) in [5, 5.41) is 10.7. The predicted molar refractivity (Wildman–Crippen MR) is 60.9 cm³/mol. The van der Waals surface area contributed by atoms with Crippen molar-refractivity contribution in [2.75, 3.05) is 13.7 Å². The first-order valence-electron chi connectivity index (χ1n) is 4.98. The van der Waals surface area contributed by atoms with Gasteiger partial charge in [0.1, 0.15) is 0 Å². The second kappa shape index (κ2) is 5.63. The van der Waals surface area contributed by atoms with Crippen LogP contribution in [0.2, 0.25) is 0 Å². The maximum absolute atomic E-state index is 12.0. The minimum Gasteiger partial charge on any atom is -0.477 e. The minimum absolute atomic E-state index is 0.453. The molecule has 7 nitrogen and oxygen atoms in total. The standard InChI is InChI=1S/C9H9F3N2O5S/c1-13-20(17,18)6-2-3-8(7(4-6)14(15)16)19-5-9(10,11)12/h2-4,13H,5H2,1H3. The van der Waals surface area contributed by atoms with Gasteiger partial charge in [0.25, 0.3) is 0 Å². The average molecular weight is 314 g/mol. The van der Waals surface area contributed by atoms with Gasteiger partial charge in [-0.1, -0.05) is 0 Å². The first-order valence-corrected chi connectivity index (χ1v) is 6.46. The van der Waals surface area contributed by atoms with Crippen LogP contribution in [0.1, 0.15) is 0 Å². The number of hydrogen-bond acceptors (Lipinski definition) is 5. The topological polar surface area (TPSA) is 98.5 Å². The second-order valence-corrected chi connectivity index (χ2v) is 5.38. The molecule has 11 heteroatoms. The molecule has 0 aliphatic heterocycles. The van der Waals surface area contributed by atoms with Gasteiger partial charge in [-0.3, -0.25) is 10.1 Å². The highest BCUT2D eigenvalue weighted by Crippen LogP contribution is 2.30. The molecule has 0 aliphatic rings. The Kier molecular flexibility index (Phi) is 4.55. The monoisotopic (exact) mass is 314 g/mol. The molecule has 0 amide bonds. The molecule has 0 aliphatic carbocycles. The summed E-state index contributed by atoms with van der Waals surface area (Å²) in [5.41, 5.74) is -0.870. The van der Waals surface area contributed by atoms with E-state index in [0.29, 0.717) is 6.07 Å². The van der Waals surface area contributed by atoms with E-state index in [9.17, 15) is 31.7 Å². The Morgan fingerprint density at radius 2 is 2.00 bits per heavy atom. The summed E-state index contributed by atoms with van der Waals surface area (Å²) in [5.74, 6) is -0.664. The predicted octanol–water partition coefficient (Wildman–Crippen LogP) is 1.44. The molecule has 0 bridgehead atoms. The maximum Gasteiger partial charge on any atom is 0.422 e. The van der Waals surface area contributed by atoms with Gasteiger partial charge in [-0.05, 0) is 19.2 Å². The molecular formula is C9H9F3N2O5S. The lowest BCUT2D eigenvalue weighted by Crippen LogP contribution is -2.20. The van der Waals surface area contributed by atoms with Gasteiger partial charge in [0.15, 0.2) is 12.4 Å². The Balaban J connectivity index is 3.19. The molecule has 0 saturated heterocycles. The number of nitrogens with zero attached hydrogens (tertiary/aromatic N) is 1. The fourth-order valence-electron chi connectivity index (χ4n) is 1.21. The van der Waals surface area contributed by atoms with Crippen molar-refractivity contribution in [2.24, 2.45) is 0 Å². The fourth-order valence-corrected chi connectivity index (χ4v) is 1.96. The van der Waals surface area contributed by atoms with E-state index in [0.717, 1.165) is 19.2 Å². The fraction of sp³-hybridized carbons (Fsp3) is 0.333. The SMILES string of the molecule is CNS(=O)(=O)c1ccc(OCC(F)(F)F)c([N+](=O)[O-])c1. The van der Waals surface area contributed by atoms with Gasteiger partial charge in [0, 0.05) is 6.07 Å². The quantitative estimate of drug-likeness (QED) is 0.655. The van der Waals surface area contributed by atoms with E-state index in [1.807, 2.05) is 4.72 Å². The zero-order valence-electron chi connectivity index (χ0n) is 9.97. The number of halogens is 3. The Morgan fingerprint density at radius 3 is 2.45 bits per heavy atom. The molecule has 0 saturated carbocycles. The number of ether oxygens (including phenoxy) is 1. The zero-order chi connectivity index (χ0) is 15.6. The molecule has 0 fully saturated rings. The third-order valence-corrected chi connectivity index (χ3v) is 3.51. The summed E-state index contributed by atoms with van der Waals surface area (Å²) < 4.78 is 65.1. The van der Waals surface area contributed by atoms with Crippen LogP contribution < -0.4 is 9.46 Å². The molecule has 0 heterocycles. The second-order valence-electron chi connectivity index (χ2n) is 3.50. The normalized spacial score (nSPS) is 12.2. The largest absolute Gasteiger partial charge is 0.477 e. The molecule has 1 N–H and O–H groups in total. The summed E-state index contributed by atoms with van der Waals surface area (Å²) in [4.78, 5) is 9.26. The van der Waals surface area contributed by atoms with Crippen LogP contribution in [0.3, 0.4) is 0 Å². The van der Waals surface area contributed by atoms with E-state index < -0.39 is 44.1 Å². The molecule has 0 aromatic heterocycles. The zero-order valence-corrected chi connectivity index (χ0v) is 10.8. The van der Waals surface area contributed by atoms with Gasteiger partial charge in [-0.15, -0.1) is 0 Å². The van der Waals surface area contributed by atoms with Crippen molar-refractivity contribution in [1.82, 2.24) is 4.72 Å². The van der Waals surface area contributed by atoms with Crippen LogP contribution in [0.15, 0.2) is 23.1 Å². The number of rotatable bonds is 5. The van der Waals surface area contributed by atoms with Gasteiger partial charge in [-0.25, -0.2) is 13.1 Å². The van der Waals surface area contributed by atoms with Crippen LogP contribution in [-0.2, 0) is 10.0 Å². The third kappa shape index (κ3) is 4.06. The molecule has 0 radical (unpaired) electrons. The molecule has 0 unspecified atom stereocenters. The van der Waals surface area contributed by atoms with Crippen molar-refractivity contribution >= 4 is 15.7 Å². The Morgan fingerprint density at radius 1 is 1.40 bits per heavy atom. The number of nitro groups is 1. The van der Waals surface area contributed by atoms with Gasteiger partial charge in [0.2, 0.25) is 10.0 Å². The van der Waals surface area contributed by atoms with E-state index in [2.05, 4.69) is 4.74 Å². The molecule has 0 atom stereocenters. The average Bonchev–Trinajstić information content (AvgIpc) is 2.35. The summed E-state index contributed by atoms with van der Waals surface area (Å²) in [7, 11) is -2.85. The first-order chi connectivity index (χ1) is 9.07. The van der Waals surface area contributed by atoms with Gasteiger partial charge < -0.3 is 4.74 Å². The first kappa shape index (κ1) is 16.2. The van der Waals surface area contributed by atoms with Gasteiger partial charge in [0.05, 0.1) is 9.82 Å². The number of hydrogen-bond donors (Lipinski definition) is 1. The van der Waals surface area contributed by atoms with Crippen LogP contribution in [0.25, 0.3) is 0 Å². The lowest BCUT2D eigenvalue weighted by Gasteiger charge is -2.10. The van der Waals surface area contributed by atoms with E-state index >= 15 is 0 Å². The maximum atomic E-state index is 12.0. The third-order valence-electron chi connectivity index (χ3n) is 2.10. The molecule has 112 valence electrons. The molecule has 0 spiro atoms.